The molecule has 1 unspecified atom stereocenters. The molecule has 0 aromatic carbocycles. The molecule has 2 heterocycles. The smallest absolute Gasteiger partial charge is 0.0831 e. The number of likely N-dealkylation sites (tertiary alicyclic amines) is 1. The van der Waals surface area contributed by atoms with Gasteiger partial charge >= 0.3 is 0 Å². The van der Waals surface area contributed by atoms with Crippen LogP contribution in [0.15, 0.2) is 6.20 Å². The number of hydrogen-bond donors (Lipinski definition) is 1. The lowest BCUT2D eigenvalue weighted by Crippen LogP contribution is -2.36. The molecule has 1 aliphatic rings. The summed E-state index contributed by atoms with van der Waals surface area (Å²) in [5, 5.41) is 4.95. The van der Waals surface area contributed by atoms with E-state index < -0.39 is 0 Å². The predicted molar refractivity (Wildman–Crippen MR) is 69.9 cm³/mol. The molecule has 1 aliphatic heterocycles. The molecule has 96 valence electrons. The normalized spacial score (nSPS) is 21.9. The summed E-state index contributed by atoms with van der Waals surface area (Å²) in [5.41, 5.74) is 6.75. The quantitative estimate of drug-likeness (QED) is 0.891. The van der Waals surface area contributed by atoms with Gasteiger partial charge in [0.2, 0.25) is 0 Å². The van der Waals surface area contributed by atoms with Crippen LogP contribution in [0.5, 0.6) is 0 Å². The van der Waals surface area contributed by atoms with Crippen molar-refractivity contribution in [2.24, 2.45) is 18.7 Å². The van der Waals surface area contributed by atoms with E-state index in [9.17, 15) is 0 Å². The van der Waals surface area contributed by atoms with Gasteiger partial charge in [0.05, 0.1) is 16.9 Å². The summed E-state index contributed by atoms with van der Waals surface area (Å²) in [5.74, 6) is 0.751. The summed E-state index contributed by atoms with van der Waals surface area (Å²) in [7, 11) is 1.95. The van der Waals surface area contributed by atoms with E-state index in [1.54, 1.807) is 6.20 Å². The first-order chi connectivity index (χ1) is 8.20. The maximum absolute atomic E-state index is 6.13. The Labute approximate surface area is 108 Å². The Morgan fingerprint density at radius 3 is 3.06 bits per heavy atom. The minimum atomic E-state index is 0.751. The average molecular weight is 257 g/mol. The molecule has 4 nitrogen and oxygen atoms in total. The van der Waals surface area contributed by atoms with Crippen LogP contribution in [0.1, 0.15) is 25.0 Å². The molecule has 1 fully saturated rings. The van der Waals surface area contributed by atoms with E-state index in [-0.39, 0.29) is 0 Å². The fourth-order valence-electron chi connectivity index (χ4n) is 2.59. The second-order valence-corrected chi connectivity index (χ2v) is 5.29. The topological polar surface area (TPSA) is 47.1 Å². The van der Waals surface area contributed by atoms with Crippen molar-refractivity contribution in [3.05, 3.63) is 16.9 Å². The van der Waals surface area contributed by atoms with Gasteiger partial charge in [0.1, 0.15) is 0 Å². The van der Waals surface area contributed by atoms with Crippen LogP contribution in [0.25, 0.3) is 0 Å². The number of nitrogens with two attached hydrogens (primary N) is 1. The zero-order chi connectivity index (χ0) is 12.3. The number of piperidine rings is 1. The Hall–Kier alpha value is -0.580. The Morgan fingerprint density at radius 2 is 2.41 bits per heavy atom. The van der Waals surface area contributed by atoms with Gasteiger partial charge in [-0.25, -0.2) is 0 Å². The van der Waals surface area contributed by atoms with E-state index in [2.05, 4.69) is 10.00 Å². The van der Waals surface area contributed by atoms with Crippen LogP contribution < -0.4 is 5.73 Å². The van der Waals surface area contributed by atoms with Gasteiger partial charge in [0, 0.05) is 20.1 Å². The van der Waals surface area contributed by atoms with Crippen LogP contribution in [-0.2, 0) is 13.6 Å². The minimum absolute atomic E-state index is 0.751. The lowest BCUT2D eigenvalue weighted by molar-refractivity contribution is 0.160. The predicted octanol–water partition coefficient (Wildman–Crippen LogP) is 1.63. The summed E-state index contributed by atoms with van der Waals surface area (Å²) in [6.07, 6.45) is 5.43. The molecule has 0 radical (unpaired) electrons. The summed E-state index contributed by atoms with van der Waals surface area (Å²) in [6, 6.07) is 0. The first-order valence-corrected chi connectivity index (χ1v) is 6.67. The molecular formula is C12H21ClN4. The van der Waals surface area contributed by atoms with Gasteiger partial charge in [-0.1, -0.05) is 11.6 Å². The molecule has 0 aliphatic carbocycles. The first kappa shape index (κ1) is 12.9. The van der Waals surface area contributed by atoms with E-state index in [1.807, 2.05) is 11.7 Å². The van der Waals surface area contributed by atoms with Crippen LogP contribution in [-0.4, -0.2) is 34.3 Å². The van der Waals surface area contributed by atoms with Gasteiger partial charge in [0.25, 0.3) is 0 Å². The molecular weight excluding hydrogens is 236 g/mol. The molecule has 17 heavy (non-hydrogen) atoms. The average Bonchev–Trinajstić information content (AvgIpc) is 2.62. The van der Waals surface area contributed by atoms with Crippen molar-refractivity contribution in [2.45, 2.75) is 25.8 Å². The lowest BCUT2D eigenvalue weighted by Gasteiger charge is -2.32. The van der Waals surface area contributed by atoms with Crippen LogP contribution >= 0.6 is 11.6 Å². The standard InChI is InChI=1S/C12H21ClN4/c1-16-12(11(13)7-15-16)9-17-6-2-3-10(8-17)4-5-14/h7,10H,2-6,8-9,14H2,1H3. The molecule has 0 amide bonds. The highest BCUT2D eigenvalue weighted by Gasteiger charge is 2.21. The van der Waals surface area contributed by atoms with Crippen molar-refractivity contribution < 1.29 is 0 Å². The van der Waals surface area contributed by atoms with Crippen molar-refractivity contribution in [3.63, 3.8) is 0 Å². The Morgan fingerprint density at radius 1 is 1.59 bits per heavy atom. The van der Waals surface area contributed by atoms with Crippen LogP contribution in [0, 0.1) is 5.92 Å². The molecule has 1 saturated heterocycles. The molecule has 2 N–H and O–H groups in total. The number of halogens is 1. The second-order valence-electron chi connectivity index (χ2n) is 4.88. The van der Waals surface area contributed by atoms with Gasteiger partial charge in [-0.2, -0.15) is 5.10 Å². The first-order valence-electron chi connectivity index (χ1n) is 6.29. The van der Waals surface area contributed by atoms with Crippen LogP contribution in [0.4, 0.5) is 0 Å². The number of nitrogens with zero attached hydrogens (tertiary/aromatic N) is 3. The van der Waals surface area contributed by atoms with Gasteiger partial charge in [-0.3, -0.25) is 9.58 Å². The molecule has 1 atom stereocenters. The van der Waals surface area contributed by atoms with E-state index in [1.165, 1.54) is 12.8 Å². The molecule has 1 aromatic rings. The second kappa shape index (κ2) is 5.85. The summed E-state index contributed by atoms with van der Waals surface area (Å²) in [4.78, 5) is 2.46. The van der Waals surface area contributed by atoms with Crippen molar-refractivity contribution >= 4 is 11.6 Å². The highest BCUT2D eigenvalue weighted by atomic mass is 35.5. The number of rotatable bonds is 4. The molecule has 2 rings (SSSR count). The molecule has 0 spiro atoms. The van der Waals surface area contributed by atoms with Crippen molar-refractivity contribution in [2.75, 3.05) is 19.6 Å². The van der Waals surface area contributed by atoms with E-state index in [0.29, 0.717) is 0 Å². The van der Waals surface area contributed by atoms with Crippen LogP contribution in [0.2, 0.25) is 5.02 Å². The zero-order valence-corrected chi connectivity index (χ0v) is 11.2. The summed E-state index contributed by atoms with van der Waals surface area (Å²) < 4.78 is 1.87. The van der Waals surface area contributed by atoms with Gasteiger partial charge in [0.15, 0.2) is 0 Å². The van der Waals surface area contributed by atoms with Crippen molar-refractivity contribution in [1.82, 2.24) is 14.7 Å². The summed E-state index contributed by atoms with van der Waals surface area (Å²) in [6.45, 7) is 3.99. The number of hydrogen-bond acceptors (Lipinski definition) is 3. The van der Waals surface area contributed by atoms with Gasteiger partial charge < -0.3 is 5.73 Å². The Kier molecular flexibility index (Phi) is 4.42. The van der Waals surface area contributed by atoms with Crippen molar-refractivity contribution in [1.29, 1.82) is 0 Å². The fraction of sp³-hybridized carbons (Fsp3) is 0.750. The molecule has 5 heteroatoms. The number of aromatic nitrogens is 2. The largest absolute Gasteiger partial charge is 0.330 e. The van der Waals surface area contributed by atoms with Crippen LogP contribution in [0.3, 0.4) is 0 Å². The van der Waals surface area contributed by atoms with E-state index in [0.717, 1.165) is 49.2 Å². The van der Waals surface area contributed by atoms with E-state index >= 15 is 0 Å². The zero-order valence-electron chi connectivity index (χ0n) is 10.4. The van der Waals surface area contributed by atoms with Gasteiger partial charge in [-0.05, 0) is 38.3 Å². The maximum Gasteiger partial charge on any atom is 0.0831 e. The third-order valence-electron chi connectivity index (χ3n) is 3.56. The monoisotopic (exact) mass is 256 g/mol. The Balaban J connectivity index is 1.94. The number of aryl methyl sites for hydroxylation is 1. The lowest BCUT2D eigenvalue weighted by atomic mass is 9.95. The highest BCUT2D eigenvalue weighted by molar-refractivity contribution is 6.31. The van der Waals surface area contributed by atoms with Gasteiger partial charge in [-0.15, -0.1) is 0 Å². The van der Waals surface area contributed by atoms with E-state index in [4.69, 9.17) is 17.3 Å². The molecule has 0 saturated carbocycles. The highest BCUT2D eigenvalue weighted by Crippen LogP contribution is 2.23. The maximum atomic E-state index is 6.13. The summed E-state index contributed by atoms with van der Waals surface area (Å²) >= 11 is 6.13. The third kappa shape index (κ3) is 3.21. The minimum Gasteiger partial charge on any atom is -0.330 e. The Bertz CT molecular complexity index is 342. The van der Waals surface area contributed by atoms with Crippen molar-refractivity contribution in [3.8, 4) is 0 Å². The molecule has 1 aromatic heterocycles. The third-order valence-corrected chi connectivity index (χ3v) is 3.88. The molecule has 0 bridgehead atoms. The SMILES string of the molecule is Cn1ncc(Cl)c1CN1CCCC(CCN)C1. The fourth-order valence-corrected chi connectivity index (χ4v) is 2.82.